The van der Waals surface area contributed by atoms with Gasteiger partial charge in [0, 0.05) is 5.88 Å². The van der Waals surface area contributed by atoms with E-state index in [9.17, 15) is 14.9 Å². The van der Waals surface area contributed by atoms with Gasteiger partial charge in [0.15, 0.2) is 5.54 Å². The molecule has 0 aromatic carbocycles. The van der Waals surface area contributed by atoms with Crippen LogP contribution in [0, 0.1) is 10.1 Å². The molecular formula is C10H13Cl2N3O4. The van der Waals surface area contributed by atoms with Gasteiger partial charge < -0.3 is 16.2 Å². The first-order chi connectivity index (χ1) is 8.82. The van der Waals surface area contributed by atoms with Crippen molar-refractivity contribution in [3.63, 3.8) is 0 Å². The van der Waals surface area contributed by atoms with Crippen molar-refractivity contribution in [3.8, 4) is 0 Å². The molecule has 0 aromatic rings. The molecule has 0 aromatic heterocycles. The summed E-state index contributed by atoms with van der Waals surface area (Å²) in [6, 6.07) is 0. The van der Waals surface area contributed by atoms with E-state index in [1.807, 2.05) is 0 Å². The minimum atomic E-state index is -1.78. The van der Waals surface area contributed by atoms with Crippen molar-refractivity contribution in [1.82, 2.24) is 0 Å². The van der Waals surface area contributed by atoms with E-state index < -0.39 is 22.9 Å². The average Bonchev–Trinajstić information content (AvgIpc) is 2.33. The van der Waals surface area contributed by atoms with Gasteiger partial charge in [-0.3, -0.25) is 10.1 Å². The van der Waals surface area contributed by atoms with Crippen LogP contribution in [0.2, 0.25) is 0 Å². The number of allylic oxidation sites excluding steroid dienone is 1. The fourth-order valence-corrected chi connectivity index (χ4v) is 1.86. The summed E-state index contributed by atoms with van der Waals surface area (Å²) >= 11 is 11.3. The summed E-state index contributed by atoms with van der Waals surface area (Å²) in [6.45, 7) is 0.0679. The van der Waals surface area contributed by atoms with Gasteiger partial charge in [-0.1, -0.05) is 11.6 Å². The third-order valence-corrected chi connectivity index (χ3v) is 3.30. The van der Waals surface area contributed by atoms with Crippen LogP contribution >= 0.6 is 23.2 Å². The van der Waals surface area contributed by atoms with Gasteiger partial charge in [0.25, 0.3) is 5.70 Å². The Morgan fingerprint density at radius 2 is 2.26 bits per heavy atom. The lowest BCUT2D eigenvalue weighted by Crippen LogP contribution is -2.52. The quantitative estimate of drug-likeness (QED) is 0.255. The molecule has 0 radical (unpaired) electrons. The molecule has 1 aliphatic rings. The van der Waals surface area contributed by atoms with Crippen LogP contribution in [0.3, 0.4) is 0 Å². The third-order valence-electron chi connectivity index (χ3n) is 2.58. The third kappa shape index (κ3) is 3.37. The molecule has 1 atom stereocenters. The standard InChI is InChI=1S/C10H13Cl2N3O4/c11-2-1-3-19-9(16)10(14)5-7(15(17)18)6(13)4-8(10)12/h4H,1-3,5,13-14H2. The van der Waals surface area contributed by atoms with E-state index in [0.29, 0.717) is 12.3 Å². The van der Waals surface area contributed by atoms with E-state index in [2.05, 4.69) is 0 Å². The molecule has 7 nitrogen and oxygen atoms in total. The number of rotatable bonds is 5. The summed E-state index contributed by atoms with van der Waals surface area (Å²) in [5, 5.41) is 10.7. The number of hydrogen-bond donors (Lipinski definition) is 2. The van der Waals surface area contributed by atoms with Gasteiger partial charge in [-0.2, -0.15) is 0 Å². The van der Waals surface area contributed by atoms with E-state index in [0.717, 1.165) is 6.08 Å². The Morgan fingerprint density at radius 3 is 2.79 bits per heavy atom. The van der Waals surface area contributed by atoms with Crippen molar-refractivity contribution in [2.24, 2.45) is 11.5 Å². The van der Waals surface area contributed by atoms with Crippen molar-refractivity contribution in [2.75, 3.05) is 12.5 Å². The Labute approximate surface area is 119 Å². The summed E-state index contributed by atoms with van der Waals surface area (Å²) in [5.74, 6) is -0.521. The lowest BCUT2D eigenvalue weighted by atomic mass is 9.89. The van der Waals surface area contributed by atoms with E-state index in [1.54, 1.807) is 0 Å². The monoisotopic (exact) mass is 309 g/mol. The number of carbonyl (C=O) groups is 1. The zero-order valence-corrected chi connectivity index (χ0v) is 11.4. The van der Waals surface area contributed by atoms with Crippen LogP contribution < -0.4 is 11.5 Å². The minimum Gasteiger partial charge on any atom is -0.464 e. The highest BCUT2D eigenvalue weighted by molar-refractivity contribution is 6.33. The topological polar surface area (TPSA) is 121 Å². The maximum absolute atomic E-state index is 11.9. The SMILES string of the molecule is NC1=C([N+](=O)[O-])CC(N)(C(=O)OCCCCl)C(Cl)=C1. The lowest BCUT2D eigenvalue weighted by molar-refractivity contribution is -0.430. The molecular weight excluding hydrogens is 297 g/mol. The molecule has 106 valence electrons. The summed E-state index contributed by atoms with van der Waals surface area (Å²) < 4.78 is 4.90. The molecule has 4 N–H and O–H groups in total. The second-order valence-electron chi connectivity index (χ2n) is 3.98. The van der Waals surface area contributed by atoms with Crippen molar-refractivity contribution in [3.05, 3.63) is 32.6 Å². The van der Waals surface area contributed by atoms with Gasteiger partial charge in [0.2, 0.25) is 0 Å². The number of nitrogens with two attached hydrogens (primary N) is 2. The molecule has 0 saturated heterocycles. The number of nitro groups is 1. The van der Waals surface area contributed by atoms with Crippen LogP contribution in [0.4, 0.5) is 0 Å². The van der Waals surface area contributed by atoms with Crippen LogP contribution in [0.1, 0.15) is 12.8 Å². The molecule has 0 heterocycles. The average molecular weight is 310 g/mol. The minimum absolute atomic E-state index is 0.0679. The van der Waals surface area contributed by atoms with Gasteiger partial charge in [-0.25, -0.2) is 4.79 Å². The van der Waals surface area contributed by atoms with Gasteiger partial charge in [-0.05, 0) is 12.5 Å². The summed E-state index contributed by atoms with van der Waals surface area (Å²) in [6.07, 6.45) is 1.14. The molecule has 1 rings (SSSR count). The molecule has 0 spiro atoms. The predicted octanol–water partition coefficient (Wildman–Crippen LogP) is 0.829. The molecule has 0 amide bonds. The molecule has 0 saturated carbocycles. The molecule has 0 fully saturated rings. The second kappa shape index (κ2) is 6.23. The fraction of sp³-hybridized carbons (Fsp3) is 0.500. The van der Waals surface area contributed by atoms with Crippen LogP contribution in [0.25, 0.3) is 0 Å². The van der Waals surface area contributed by atoms with Crippen molar-refractivity contribution in [1.29, 1.82) is 0 Å². The fourth-order valence-electron chi connectivity index (χ4n) is 1.49. The lowest BCUT2D eigenvalue weighted by Gasteiger charge is -2.28. The number of alkyl halides is 1. The Bertz CT molecular complexity index is 464. The van der Waals surface area contributed by atoms with Crippen LogP contribution in [0.5, 0.6) is 0 Å². The van der Waals surface area contributed by atoms with Gasteiger partial charge in [0.05, 0.1) is 23.0 Å². The molecule has 0 aliphatic heterocycles. The molecule has 9 heteroatoms. The first-order valence-corrected chi connectivity index (χ1v) is 6.27. The Morgan fingerprint density at radius 1 is 1.63 bits per heavy atom. The number of esters is 1. The van der Waals surface area contributed by atoms with Crippen LogP contribution in [-0.4, -0.2) is 28.9 Å². The highest BCUT2D eigenvalue weighted by Crippen LogP contribution is 2.33. The molecule has 19 heavy (non-hydrogen) atoms. The summed E-state index contributed by atoms with van der Waals surface area (Å²) in [5.41, 5.74) is 9.02. The van der Waals surface area contributed by atoms with Gasteiger partial charge in [-0.15, -0.1) is 11.6 Å². The Hall–Kier alpha value is -1.31. The van der Waals surface area contributed by atoms with E-state index in [4.69, 9.17) is 39.4 Å². The molecule has 1 unspecified atom stereocenters. The Balaban J connectivity index is 2.92. The molecule has 0 bridgehead atoms. The van der Waals surface area contributed by atoms with E-state index in [1.165, 1.54) is 0 Å². The van der Waals surface area contributed by atoms with Gasteiger partial charge in [0.1, 0.15) is 5.70 Å². The maximum atomic E-state index is 11.9. The number of nitrogens with zero attached hydrogens (tertiary/aromatic N) is 1. The largest absolute Gasteiger partial charge is 0.464 e. The predicted molar refractivity (Wildman–Crippen MR) is 70.0 cm³/mol. The number of ether oxygens (including phenoxy) is 1. The smallest absolute Gasteiger partial charge is 0.332 e. The molecule has 1 aliphatic carbocycles. The van der Waals surface area contributed by atoms with Crippen molar-refractivity contribution >= 4 is 29.2 Å². The van der Waals surface area contributed by atoms with E-state index >= 15 is 0 Å². The first kappa shape index (κ1) is 15.7. The van der Waals surface area contributed by atoms with E-state index in [-0.39, 0.29) is 23.0 Å². The maximum Gasteiger partial charge on any atom is 0.332 e. The highest BCUT2D eigenvalue weighted by atomic mass is 35.5. The highest BCUT2D eigenvalue weighted by Gasteiger charge is 2.46. The zero-order chi connectivity index (χ0) is 14.6. The number of carbonyl (C=O) groups excluding carboxylic acids is 1. The normalized spacial score (nSPS) is 23.0. The van der Waals surface area contributed by atoms with Gasteiger partial charge >= 0.3 is 5.97 Å². The summed E-state index contributed by atoms with van der Waals surface area (Å²) in [7, 11) is 0. The van der Waals surface area contributed by atoms with Crippen molar-refractivity contribution < 1.29 is 14.5 Å². The van der Waals surface area contributed by atoms with Crippen LogP contribution in [0.15, 0.2) is 22.5 Å². The van der Waals surface area contributed by atoms with Crippen molar-refractivity contribution in [2.45, 2.75) is 18.4 Å². The van der Waals surface area contributed by atoms with Crippen LogP contribution in [-0.2, 0) is 9.53 Å². The summed E-state index contributed by atoms with van der Waals surface area (Å²) in [4.78, 5) is 22.0. The number of hydrogen-bond acceptors (Lipinski definition) is 6. The zero-order valence-electron chi connectivity index (χ0n) is 9.90. The Kier molecular flexibility index (Phi) is 5.16. The number of halogens is 2. The first-order valence-electron chi connectivity index (χ1n) is 5.35. The second-order valence-corrected chi connectivity index (χ2v) is 4.76.